The fraction of sp³-hybridized carbons (Fsp3) is 0.615. The van der Waals surface area contributed by atoms with E-state index in [0.717, 1.165) is 12.8 Å². The summed E-state index contributed by atoms with van der Waals surface area (Å²) in [6, 6.07) is 0. The lowest BCUT2D eigenvalue weighted by Crippen LogP contribution is -2.37. The summed E-state index contributed by atoms with van der Waals surface area (Å²) in [5.41, 5.74) is 0.505. The fourth-order valence-corrected chi connectivity index (χ4v) is 2.46. The van der Waals surface area contributed by atoms with Crippen LogP contribution in [0.15, 0.2) is 18.7 Å². The highest BCUT2D eigenvalue weighted by Crippen LogP contribution is 2.23. The monoisotopic (exact) mass is 249 g/mol. The lowest BCUT2D eigenvalue weighted by Gasteiger charge is -2.32. The van der Waals surface area contributed by atoms with Crippen molar-refractivity contribution in [2.24, 2.45) is 5.92 Å². The van der Waals surface area contributed by atoms with Gasteiger partial charge in [-0.25, -0.2) is 9.97 Å². The topological polar surface area (TPSA) is 64.1 Å². The number of carbonyl (C=O) groups excluding carboxylic acids is 1. The highest BCUT2D eigenvalue weighted by Gasteiger charge is 2.24. The molecule has 1 saturated heterocycles. The maximum absolute atomic E-state index is 11.8. The zero-order chi connectivity index (χ0) is 13.0. The second-order valence-electron chi connectivity index (χ2n) is 4.93. The number of carbonyl (C=O) groups is 1. The van der Waals surface area contributed by atoms with Crippen LogP contribution in [-0.4, -0.2) is 34.6 Å². The van der Waals surface area contributed by atoms with Gasteiger partial charge in [0.05, 0.1) is 17.8 Å². The molecule has 5 nitrogen and oxygen atoms in total. The number of ether oxygens (including phenoxy) is 1. The maximum atomic E-state index is 11.8. The maximum Gasteiger partial charge on any atom is 0.254 e. The molecule has 0 spiro atoms. The van der Waals surface area contributed by atoms with E-state index in [4.69, 9.17) is 4.74 Å². The minimum atomic E-state index is -0.109. The average Bonchev–Trinajstić information content (AvgIpc) is 2.36. The van der Waals surface area contributed by atoms with E-state index in [1.807, 2.05) is 0 Å². The van der Waals surface area contributed by atoms with Gasteiger partial charge in [0.15, 0.2) is 0 Å². The minimum absolute atomic E-state index is 0.109. The Labute approximate surface area is 107 Å². The third-order valence-corrected chi connectivity index (χ3v) is 3.17. The van der Waals surface area contributed by atoms with E-state index < -0.39 is 0 Å². The zero-order valence-corrected chi connectivity index (χ0v) is 10.8. The van der Waals surface area contributed by atoms with Crippen LogP contribution in [0.4, 0.5) is 0 Å². The van der Waals surface area contributed by atoms with Gasteiger partial charge in [0.2, 0.25) is 0 Å². The number of nitrogens with one attached hydrogen (secondary N) is 1. The van der Waals surface area contributed by atoms with E-state index in [0.29, 0.717) is 18.0 Å². The van der Waals surface area contributed by atoms with Gasteiger partial charge in [-0.1, -0.05) is 0 Å². The second-order valence-corrected chi connectivity index (χ2v) is 4.93. The average molecular weight is 249 g/mol. The number of hydrogen-bond donors (Lipinski definition) is 1. The zero-order valence-electron chi connectivity index (χ0n) is 10.8. The molecule has 1 aromatic heterocycles. The molecule has 1 fully saturated rings. The highest BCUT2D eigenvalue weighted by molar-refractivity contribution is 5.93. The Morgan fingerprint density at radius 3 is 2.56 bits per heavy atom. The Morgan fingerprint density at radius 1 is 1.33 bits per heavy atom. The summed E-state index contributed by atoms with van der Waals surface area (Å²) in [5, 5.41) is 2.94. The summed E-state index contributed by atoms with van der Waals surface area (Å²) in [5.74, 6) is 0.375. The van der Waals surface area contributed by atoms with Gasteiger partial charge in [0.25, 0.3) is 5.91 Å². The molecule has 5 heteroatoms. The molecule has 0 saturated carbocycles. The standard InChI is InChI=1S/C13H19N3O2/c1-9-3-11(4-10(2)18-9)5-16-13(17)12-6-14-8-15-7-12/h6-11H,3-5H2,1-2H3,(H,16,17). The summed E-state index contributed by atoms with van der Waals surface area (Å²) >= 11 is 0. The first-order valence-corrected chi connectivity index (χ1v) is 6.34. The van der Waals surface area contributed by atoms with Crippen LogP contribution < -0.4 is 5.32 Å². The summed E-state index contributed by atoms with van der Waals surface area (Å²) in [6.07, 6.45) is 7.01. The van der Waals surface area contributed by atoms with Crippen molar-refractivity contribution in [3.8, 4) is 0 Å². The molecule has 1 aromatic rings. The molecule has 0 aromatic carbocycles. The van der Waals surface area contributed by atoms with E-state index in [2.05, 4.69) is 29.1 Å². The summed E-state index contributed by atoms with van der Waals surface area (Å²) in [4.78, 5) is 19.5. The first kappa shape index (κ1) is 13.0. The number of amides is 1. The minimum Gasteiger partial charge on any atom is -0.376 e. The summed E-state index contributed by atoms with van der Waals surface area (Å²) in [7, 11) is 0. The van der Waals surface area contributed by atoms with Crippen molar-refractivity contribution in [2.75, 3.05) is 6.54 Å². The van der Waals surface area contributed by atoms with E-state index >= 15 is 0 Å². The van der Waals surface area contributed by atoms with Crippen LogP contribution in [-0.2, 0) is 4.74 Å². The van der Waals surface area contributed by atoms with Crippen molar-refractivity contribution in [1.29, 1.82) is 0 Å². The van der Waals surface area contributed by atoms with Gasteiger partial charge >= 0.3 is 0 Å². The molecule has 1 aliphatic heterocycles. The predicted molar refractivity (Wildman–Crippen MR) is 67.1 cm³/mol. The Hall–Kier alpha value is -1.49. The van der Waals surface area contributed by atoms with Gasteiger partial charge in [-0.15, -0.1) is 0 Å². The normalized spacial score (nSPS) is 27.8. The Kier molecular flexibility index (Phi) is 4.25. The Bertz CT molecular complexity index is 386. The van der Waals surface area contributed by atoms with E-state index in [9.17, 15) is 4.79 Å². The number of rotatable bonds is 3. The van der Waals surface area contributed by atoms with Gasteiger partial charge in [-0.2, -0.15) is 0 Å². The van der Waals surface area contributed by atoms with Crippen LogP contribution >= 0.6 is 0 Å². The van der Waals surface area contributed by atoms with Crippen molar-refractivity contribution in [3.63, 3.8) is 0 Å². The smallest absolute Gasteiger partial charge is 0.254 e. The molecule has 1 amide bonds. The third kappa shape index (κ3) is 3.50. The highest BCUT2D eigenvalue weighted by atomic mass is 16.5. The molecule has 98 valence electrons. The molecule has 2 unspecified atom stereocenters. The molecule has 1 aliphatic rings. The van der Waals surface area contributed by atoms with Gasteiger partial charge in [-0.05, 0) is 32.6 Å². The molecule has 1 N–H and O–H groups in total. The van der Waals surface area contributed by atoms with Crippen molar-refractivity contribution in [3.05, 3.63) is 24.3 Å². The van der Waals surface area contributed by atoms with Gasteiger partial charge < -0.3 is 10.1 Å². The lowest BCUT2D eigenvalue weighted by atomic mass is 9.92. The molecule has 0 bridgehead atoms. The molecular weight excluding hydrogens is 230 g/mol. The van der Waals surface area contributed by atoms with Crippen molar-refractivity contribution >= 4 is 5.91 Å². The largest absolute Gasteiger partial charge is 0.376 e. The van der Waals surface area contributed by atoms with Crippen LogP contribution in [0.1, 0.15) is 37.0 Å². The third-order valence-electron chi connectivity index (χ3n) is 3.17. The fourth-order valence-electron chi connectivity index (χ4n) is 2.46. The molecule has 0 aliphatic carbocycles. The van der Waals surface area contributed by atoms with Crippen molar-refractivity contribution in [1.82, 2.24) is 15.3 Å². The van der Waals surface area contributed by atoms with Gasteiger partial charge in [0.1, 0.15) is 6.33 Å². The number of nitrogens with zero attached hydrogens (tertiary/aromatic N) is 2. The second kappa shape index (κ2) is 5.91. The van der Waals surface area contributed by atoms with E-state index in [-0.39, 0.29) is 18.1 Å². The molecule has 18 heavy (non-hydrogen) atoms. The van der Waals surface area contributed by atoms with Crippen LogP contribution in [0.25, 0.3) is 0 Å². The molecular formula is C13H19N3O2. The Morgan fingerprint density at radius 2 is 1.94 bits per heavy atom. The van der Waals surface area contributed by atoms with Crippen LogP contribution in [0.3, 0.4) is 0 Å². The molecule has 2 atom stereocenters. The van der Waals surface area contributed by atoms with Crippen molar-refractivity contribution in [2.45, 2.75) is 38.9 Å². The van der Waals surface area contributed by atoms with E-state index in [1.54, 1.807) is 0 Å². The first-order valence-electron chi connectivity index (χ1n) is 6.34. The van der Waals surface area contributed by atoms with Gasteiger partial charge in [-0.3, -0.25) is 4.79 Å². The summed E-state index contributed by atoms with van der Waals surface area (Å²) < 4.78 is 5.68. The SMILES string of the molecule is CC1CC(CNC(=O)c2cncnc2)CC(C)O1. The summed E-state index contributed by atoms with van der Waals surface area (Å²) in [6.45, 7) is 4.84. The predicted octanol–water partition coefficient (Wildman–Crippen LogP) is 1.41. The molecule has 2 heterocycles. The van der Waals surface area contributed by atoms with Crippen molar-refractivity contribution < 1.29 is 9.53 Å². The Balaban J connectivity index is 1.83. The van der Waals surface area contributed by atoms with E-state index in [1.165, 1.54) is 18.7 Å². The van der Waals surface area contributed by atoms with Crippen LogP contribution in [0, 0.1) is 5.92 Å². The number of hydrogen-bond acceptors (Lipinski definition) is 4. The number of aromatic nitrogens is 2. The molecule has 2 rings (SSSR count). The first-order chi connectivity index (χ1) is 8.65. The molecule has 0 radical (unpaired) electrons. The van der Waals surface area contributed by atoms with Crippen LogP contribution in [0.5, 0.6) is 0 Å². The van der Waals surface area contributed by atoms with Gasteiger partial charge in [0, 0.05) is 18.9 Å². The van der Waals surface area contributed by atoms with Crippen LogP contribution in [0.2, 0.25) is 0 Å². The quantitative estimate of drug-likeness (QED) is 0.879. The lowest BCUT2D eigenvalue weighted by molar-refractivity contribution is -0.0513.